The minimum absolute atomic E-state index is 0.680. The lowest BCUT2D eigenvalue weighted by Crippen LogP contribution is -2.17. The Labute approximate surface area is 113 Å². The Bertz CT molecular complexity index is 509. The van der Waals surface area contributed by atoms with Crippen LogP contribution in [0.2, 0.25) is 0 Å². The Morgan fingerprint density at radius 3 is 2.84 bits per heavy atom. The molecule has 0 fully saturated rings. The number of nitrogen functional groups attached to an aromatic ring is 1. The van der Waals surface area contributed by atoms with Gasteiger partial charge in [0, 0.05) is 19.2 Å². The zero-order valence-electron chi connectivity index (χ0n) is 11.4. The van der Waals surface area contributed by atoms with E-state index >= 15 is 0 Å². The van der Waals surface area contributed by atoms with Gasteiger partial charge in [0.15, 0.2) is 0 Å². The van der Waals surface area contributed by atoms with Crippen LogP contribution in [-0.2, 0) is 6.54 Å². The van der Waals surface area contributed by atoms with Crippen LogP contribution in [-0.4, -0.2) is 13.7 Å². The van der Waals surface area contributed by atoms with Crippen LogP contribution in [0.4, 0.5) is 11.4 Å². The summed E-state index contributed by atoms with van der Waals surface area (Å²) < 4.78 is 10.7. The van der Waals surface area contributed by atoms with Crippen molar-refractivity contribution in [3.63, 3.8) is 0 Å². The summed E-state index contributed by atoms with van der Waals surface area (Å²) >= 11 is 0. The van der Waals surface area contributed by atoms with Crippen LogP contribution in [0.1, 0.15) is 18.9 Å². The Balaban J connectivity index is 2.14. The number of benzene rings is 1. The van der Waals surface area contributed by atoms with Crippen LogP contribution >= 0.6 is 0 Å². The Hall–Kier alpha value is -2.10. The first-order valence-electron chi connectivity index (χ1n) is 6.46. The van der Waals surface area contributed by atoms with E-state index in [0.717, 1.165) is 30.0 Å². The third-order valence-electron chi connectivity index (χ3n) is 2.92. The second-order valence-electron chi connectivity index (χ2n) is 4.53. The number of hydrogen-bond acceptors (Lipinski definition) is 4. The van der Waals surface area contributed by atoms with Crippen molar-refractivity contribution in [1.82, 2.24) is 0 Å². The highest BCUT2D eigenvalue weighted by Gasteiger charge is 2.10. The summed E-state index contributed by atoms with van der Waals surface area (Å²) in [6, 6.07) is 7.81. The van der Waals surface area contributed by atoms with Crippen molar-refractivity contribution in [3.05, 3.63) is 42.4 Å². The van der Waals surface area contributed by atoms with Gasteiger partial charge >= 0.3 is 0 Å². The fourth-order valence-electron chi connectivity index (χ4n) is 1.94. The molecule has 1 aromatic carbocycles. The third kappa shape index (κ3) is 3.22. The highest BCUT2D eigenvalue weighted by molar-refractivity contribution is 5.73. The molecule has 0 atom stereocenters. The van der Waals surface area contributed by atoms with Gasteiger partial charge in [0.1, 0.15) is 5.75 Å². The molecule has 0 bridgehead atoms. The maximum Gasteiger partial charge on any atom is 0.144 e. The van der Waals surface area contributed by atoms with Crippen molar-refractivity contribution in [2.75, 3.05) is 24.3 Å². The molecule has 2 N–H and O–H groups in total. The molecule has 0 saturated carbocycles. The van der Waals surface area contributed by atoms with Gasteiger partial charge in [-0.2, -0.15) is 0 Å². The molecular formula is C15H20N2O2. The van der Waals surface area contributed by atoms with Crippen LogP contribution < -0.4 is 15.4 Å². The fraction of sp³-hybridized carbons (Fsp3) is 0.333. The lowest BCUT2D eigenvalue weighted by molar-refractivity contribution is 0.319. The quantitative estimate of drug-likeness (QED) is 0.810. The van der Waals surface area contributed by atoms with E-state index in [-0.39, 0.29) is 0 Å². The number of ether oxygens (including phenoxy) is 1. The highest BCUT2D eigenvalue weighted by Crippen LogP contribution is 2.32. The molecule has 4 heteroatoms. The normalized spacial score (nSPS) is 10.4. The van der Waals surface area contributed by atoms with Gasteiger partial charge in [-0.3, -0.25) is 0 Å². The minimum Gasteiger partial charge on any atom is -0.491 e. The predicted molar refractivity (Wildman–Crippen MR) is 77.5 cm³/mol. The Kier molecular flexibility index (Phi) is 4.34. The molecular weight excluding hydrogens is 240 g/mol. The van der Waals surface area contributed by atoms with E-state index in [1.807, 2.05) is 31.3 Å². The van der Waals surface area contributed by atoms with Gasteiger partial charge in [0.2, 0.25) is 0 Å². The van der Waals surface area contributed by atoms with Crippen molar-refractivity contribution in [2.45, 2.75) is 19.9 Å². The molecule has 102 valence electrons. The van der Waals surface area contributed by atoms with E-state index in [1.165, 1.54) is 0 Å². The van der Waals surface area contributed by atoms with E-state index in [1.54, 1.807) is 12.5 Å². The molecule has 0 amide bonds. The van der Waals surface area contributed by atoms with E-state index < -0.39 is 0 Å². The summed E-state index contributed by atoms with van der Waals surface area (Å²) in [5.74, 6) is 0.749. The number of rotatable bonds is 6. The lowest BCUT2D eigenvalue weighted by atomic mass is 10.2. The SMILES string of the molecule is CCCOc1cccc(N(C)Cc2ccoc2)c1N. The van der Waals surface area contributed by atoms with Crippen molar-refractivity contribution in [3.8, 4) is 5.75 Å². The molecule has 1 heterocycles. The standard InChI is InChI=1S/C15H20N2O2/c1-3-8-19-14-6-4-5-13(15(14)16)17(2)10-12-7-9-18-11-12/h4-7,9,11H,3,8,10,16H2,1-2H3. The number of furan rings is 1. The van der Waals surface area contributed by atoms with Crippen LogP contribution in [0, 0.1) is 0 Å². The van der Waals surface area contributed by atoms with E-state index in [0.29, 0.717) is 12.3 Å². The molecule has 0 radical (unpaired) electrons. The van der Waals surface area contributed by atoms with Gasteiger partial charge in [-0.15, -0.1) is 0 Å². The van der Waals surface area contributed by atoms with Crippen molar-refractivity contribution < 1.29 is 9.15 Å². The number of anilines is 2. The lowest BCUT2D eigenvalue weighted by Gasteiger charge is -2.21. The van der Waals surface area contributed by atoms with Crippen molar-refractivity contribution in [2.24, 2.45) is 0 Å². The number of hydrogen-bond donors (Lipinski definition) is 1. The van der Waals surface area contributed by atoms with Gasteiger partial charge in [-0.1, -0.05) is 13.0 Å². The topological polar surface area (TPSA) is 51.6 Å². The van der Waals surface area contributed by atoms with E-state index in [2.05, 4.69) is 11.8 Å². The van der Waals surface area contributed by atoms with Crippen LogP contribution in [0.15, 0.2) is 41.2 Å². The average Bonchev–Trinajstić information content (AvgIpc) is 2.90. The summed E-state index contributed by atoms with van der Waals surface area (Å²) in [5.41, 5.74) is 8.93. The molecule has 0 aliphatic carbocycles. The number of para-hydroxylation sites is 1. The molecule has 0 spiro atoms. The van der Waals surface area contributed by atoms with E-state index in [4.69, 9.17) is 14.9 Å². The zero-order chi connectivity index (χ0) is 13.7. The summed E-state index contributed by atoms with van der Waals surface area (Å²) in [6.07, 6.45) is 4.38. The third-order valence-corrected chi connectivity index (χ3v) is 2.92. The number of nitrogens with zero attached hydrogens (tertiary/aromatic N) is 1. The second kappa shape index (κ2) is 6.18. The monoisotopic (exact) mass is 260 g/mol. The summed E-state index contributed by atoms with van der Waals surface area (Å²) in [6.45, 7) is 3.50. The fourth-order valence-corrected chi connectivity index (χ4v) is 1.94. The zero-order valence-corrected chi connectivity index (χ0v) is 11.4. The molecule has 2 aromatic rings. The van der Waals surface area contributed by atoms with Crippen molar-refractivity contribution in [1.29, 1.82) is 0 Å². The Morgan fingerprint density at radius 1 is 1.32 bits per heavy atom. The molecule has 1 aromatic heterocycles. The molecule has 0 aliphatic rings. The average molecular weight is 260 g/mol. The van der Waals surface area contributed by atoms with Gasteiger partial charge in [-0.25, -0.2) is 0 Å². The van der Waals surface area contributed by atoms with Crippen LogP contribution in [0.5, 0.6) is 5.75 Å². The van der Waals surface area contributed by atoms with Crippen molar-refractivity contribution >= 4 is 11.4 Å². The first-order valence-corrected chi connectivity index (χ1v) is 6.46. The second-order valence-corrected chi connectivity index (χ2v) is 4.53. The van der Waals surface area contributed by atoms with Gasteiger partial charge in [-0.05, 0) is 24.6 Å². The number of nitrogens with two attached hydrogens (primary N) is 1. The molecule has 0 saturated heterocycles. The predicted octanol–water partition coefficient (Wildman–Crippen LogP) is 3.29. The summed E-state index contributed by atoms with van der Waals surface area (Å²) in [7, 11) is 2.00. The van der Waals surface area contributed by atoms with Gasteiger partial charge < -0.3 is 19.8 Å². The van der Waals surface area contributed by atoms with Crippen LogP contribution in [0.3, 0.4) is 0 Å². The molecule has 2 rings (SSSR count). The first kappa shape index (κ1) is 13.3. The van der Waals surface area contributed by atoms with Gasteiger partial charge in [0.25, 0.3) is 0 Å². The first-order chi connectivity index (χ1) is 9.22. The largest absolute Gasteiger partial charge is 0.491 e. The van der Waals surface area contributed by atoms with Gasteiger partial charge in [0.05, 0.1) is 30.5 Å². The summed E-state index contributed by atoms with van der Waals surface area (Å²) in [5, 5.41) is 0. The Morgan fingerprint density at radius 2 is 2.16 bits per heavy atom. The maximum absolute atomic E-state index is 6.16. The van der Waals surface area contributed by atoms with E-state index in [9.17, 15) is 0 Å². The molecule has 19 heavy (non-hydrogen) atoms. The molecule has 4 nitrogen and oxygen atoms in total. The molecule has 0 aliphatic heterocycles. The highest BCUT2D eigenvalue weighted by atomic mass is 16.5. The smallest absolute Gasteiger partial charge is 0.144 e. The summed E-state index contributed by atoms with van der Waals surface area (Å²) in [4.78, 5) is 2.08. The van der Waals surface area contributed by atoms with Crippen LogP contribution in [0.25, 0.3) is 0 Å². The minimum atomic E-state index is 0.680. The maximum atomic E-state index is 6.16. The molecule has 0 unspecified atom stereocenters.